The summed E-state index contributed by atoms with van der Waals surface area (Å²) in [4.78, 5) is 21.6. The van der Waals surface area contributed by atoms with Crippen molar-refractivity contribution in [3.8, 4) is 5.75 Å². The molecule has 0 bridgehead atoms. The zero-order chi connectivity index (χ0) is 17.8. The number of aromatic amines is 1. The van der Waals surface area contributed by atoms with E-state index in [0.29, 0.717) is 23.4 Å². The van der Waals surface area contributed by atoms with E-state index in [9.17, 15) is 4.79 Å². The highest BCUT2D eigenvalue weighted by Gasteiger charge is 2.15. The molecule has 0 aliphatic heterocycles. The number of para-hydroxylation sites is 1. The molecule has 0 spiro atoms. The van der Waals surface area contributed by atoms with Gasteiger partial charge in [0.25, 0.3) is 5.56 Å². The Kier molecular flexibility index (Phi) is 5.00. The molecule has 1 unspecified atom stereocenters. The van der Waals surface area contributed by atoms with Crippen molar-refractivity contribution in [2.45, 2.75) is 6.04 Å². The van der Waals surface area contributed by atoms with Gasteiger partial charge in [0.05, 0.1) is 24.1 Å². The Morgan fingerprint density at radius 2 is 1.88 bits per heavy atom. The number of benzene rings is 2. The van der Waals surface area contributed by atoms with E-state index in [2.05, 4.69) is 20.2 Å². The summed E-state index contributed by atoms with van der Waals surface area (Å²) in [6.45, 7) is 0.612. The van der Waals surface area contributed by atoms with Crippen molar-refractivity contribution in [1.29, 1.82) is 0 Å². The maximum Gasteiger partial charge on any atom is 0.260 e. The second-order valence-electron chi connectivity index (χ2n) is 6.07. The zero-order valence-electron chi connectivity index (χ0n) is 14.6. The highest BCUT2D eigenvalue weighted by molar-refractivity contribution is 5.78. The molecule has 0 aliphatic carbocycles. The normalized spacial score (nSPS) is 12.3. The summed E-state index contributed by atoms with van der Waals surface area (Å²) in [5.74, 6) is 1.30. The molecule has 0 aliphatic rings. The van der Waals surface area contributed by atoms with Crippen LogP contribution in [0.4, 0.5) is 5.95 Å². The van der Waals surface area contributed by atoms with E-state index in [1.54, 1.807) is 13.2 Å². The number of anilines is 1. The largest absolute Gasteiger partial charge is 0.497 e. The van der Waals surface area contributed by atoms with Gasteiger partial charge in [-0.1, -0.05) is 24.3 Å². The Morgan fingerprint density at radius 1 is 1.16 bits per heavy atom. The SMILES string of the molecule is COc1ccc(C(CNc2nc3ccccc3c(=O)[nH]2)N(C)C)cc1. The van der Waals surface area contributed by atoms with Gasteiger partial charge in [0.2, 0.25) is 5.95 Å². The van der Waals surface area contributed by atoms with E-state index in [0.717, 1.165) is 11.3 Å². The molecule has 0 fully saturated rings. The van der Waals surface area contributed by atoms with Crippen molar-refractivity contribution in [3.63, 3.8) is 0 Å². The van der Waals surface area contributed by atoms with Crippen LogP contribution in [-0.4, -0.2) is 42.6 Å². The van der Waals surface area contributed by atoms with Crippen molar-refractivity contribution in [2.75, 3.05) is 33.1 Å². The van der Waals surface area contributed by atoms with E-state index >= 15 is 0 Å². The third kappa shape index (κ3) is 3.80. The first-order valence-electron chi connectivity index (χ1n) is 8.12. The Hall–Kier alpha value is -2.86. The molecule has 0 saturated carbocycles. The van der Waals surface area contributed by atoms with Gasteiger partial charge in [-0.25, -0.2) is 4.98 Å². The summed E-state index contributed by atoms with van der Waals surface area (Å²) in [7, 11) is 5.70. The Bertz CT molecular complexity index is 903. The summed E-state index contributed by atoms with van der Waals surface area (Å²) < 4.78 is 5.21. The lowest BCUT2D eigenvalue weighted by Gasteiger charge is -2.25. The third-order valence-corrected chi connectivity index (χ3v) is 4.20. The van der Waals surface area contributed by atoms with E-state index in [4.69, 9.17) is 4.74 Å². The lowest BCUT2D eigenvalue weighted by atomic mass is 10.1. The number of H-pyrrole nitrogens is 1. The summed E-state index contributed by atoms with van der Waals surface area (Å²) in [5.41, 5.74) is 1.69. The summed E-state index contributed by atoms with van der Waals surface area (Å²) in [6, 6.07) is 15.4. The summed E-state index contributed by atoms with van der Waals surface area (Å²) in [6.07, 6.45) is 0. The lowest BCUT2D eigenvalue weighted by molar-refractivity contribution is 0.311. The van der Waals surface area contributed by atoms with Gasteiger partial charge in [-0.05, 0) is 43.9 Å². The number of ether oxygens (including phenoxy) is 1. The van der Waals surface area contributed by atoms with E-state index in [-0.39, 0.29) is 11.6 Å². The molecule has 130 valence electrons. The number of fused-ring (bicyclic) bond motifs is 1. The quantitative estimate of drug-likeness (QED) is 0.723. The van der Waals surface area contributed by atoms with Crippen molar-refractivity contribution in [2.24, 2.45) is 0 Å². The van der Waals surface area contributed by atoms with Crippen molar-refractivity contribution < 1.29 is 4.74 Å². The van der Waals surface area contributed by atoms with E-state index in [1.165, 1.54) is 0 Å². The molecule has 1 atom stereocenters. The molecular weight excluding hydrogens is 316 g/mol. The molecule has 0 amide bonds. The van der Waals surface area contributed by atoms with Gasteiger partial charge in [-0.3, -0.25) is 9.78 Å². The van der Waals surface area contributed by atoms with Gasteiger partial charge in [0, 0.05) is 6.54 Å². The highest BCUT2D eigenvalue weighted by atomic mass is 16.5. The van der Waals surface area contributed by atoms with Gasteiger partial charge in [-0.15, -0.1) is 0 Å². The number of hydrogen-bond donors (Lipinski definition) is 2. The van der Waals surface area contributed by atoms with Gasteiger partial charge in [0.15, 0.2) is 0 Å². The molecule has 6 heteroatoms. The minimum Gasteiger partial charge on any atom is -0.497 e. The van der Waals surface area contributed by atoms with Crippen molar-refractivity contribution >= 4 is 16.9 Å². The third-order valence-electron chi connectivity index (χ3n) is 4.20. The second kappa shape index (κ2) is 7.36. The number of nitrogens with zero attached hydrogens (tertiary/aromatic N) is 2. The molecule has 6 nitrogen and oxygen atoms in total. The molecule has 3 rings (SSSR count). The van der Waals surface area contributed by atoms with Crippen molar-refractivity contribution in [3.05, 3.63) is 64.4 Å². The monoisotopic (exact) mass is 338 g/mol. The molecular formula is C19H22N4O2. The van der Waals surface area contributed by atoms with Crippen LogP contribution in [0.1, 0.15) is 11.6 Å². The van der Waals surface area contributed by atoms with Crippen LogP contribution in [0.3, 0.4) is 0 Å². The molecule has 0 radical (unpaired) electrons. The van der Waals surface area contributed by atoms with Crippen LogP contribution in [-0.2, 0) is 0 Å². The minimum atomic E-state index is -0.140. The number of aromatic nitrogens is 2. The summed E-state index contributed by atoms with van der Waals surface area (Å²) in [5, 5.41) is 3.84. The fraction of sp³-hybridized carbons (Fsp3) is 0.263. The predicted molar refractivity (Wildman–Crippen MR) is 100 cm³/mol. The number of nitrogens with one attached hydrogen (secondary N) is 2. The van der Waals surface area contributed by atoms with E-state index < -0.39 is 0 Å². The first-order chi connectivity index (χ1) is 12.1. The zero-order valence-corrected chi connectivity index (χ0v) is 14.6. The van der Waals surface area contributed by atoms with Crippen LogP contribution < -0.4 is 15.6 Å². The summed E-state index contributed by atoms with van der Waals surface area (Å²) >= 11 is 0. The first kappa shape index (κ1) is 17.0. The molecule has 0 saturated heterocycles. The fourth-order valence-corrected chi connectivity index (χ4v) is 2.79. The van der Waals surface area contributed by atoms with Gasteiger partial charge in [-0.2, -0.15) is 0 Å². The second-order valence-corrected chi connectivity index (χ2v) is 6.07. The smallest absolute Gasteiger partial charge is 0.260 e. The number of rotatable bonds is 6. The van der Waals surface area contributed by atoms with Crippen LogP contribution in [0.5, 0.6) is 5.75 Å². The Balaban J connectivity index is 1.80. The van der Waals surface area contributed by atoms with Crippen LogP contribution in [0.25, 0.3) is 10.9 Å². The highest BCUT2D eigenvalue weighted by Crippen LogP contribution is 2.21. The van der Waals surface area contributed by atoms with Gasteiger partial charge < -0.3 is 15.0 Å². The molecule has 1 aromatic heterocycles. The lowest BCUT2D eigenvalue weighted by Crippen LogP contribution is -2.28. The van der Waals surface area contributed by atoms with E-state index in [1.807, 2.05) is 56.6 Å². The average molecular weight is 338 g/mol. The van der Waals surface area contributed by atoms with Crippen LogP contribution in [0.2, 0.25) is 0 Å². The standard InChI is InChI=1S/C19H22N4O2/c1-23(2)17(13-8-10-14(25-3)11-9-13)12-20-19-21-16-7-5-4-6-15(16)18(24)22-19/h4-11,17H,12H2,1-3H3,(H2,20,21,22,24). The average Bonchev–Trinajstić information content (AvgIpc) is 2.62. The van der Waals surface area contributed by atoms with Crippen LogP contribution >= 0.6 is 0 Å². The van der Waals surface area contributed by atoms with Crippen LogP contribution in [0.15, 0.2) is 53.3 Å². The van der Waals surface area contributed by atoms with Crippen molar-refractivity contribution in [1.82, 2.24) is 14.9 Å². The van der Waals surface area contributed by atoms with Gasteiger partial charge in [0.1, 0.15) is 5.75 Å². The Labute approximate surface area is 146 Å². The molecule has 1 heterocycles. The molecule has 25 heavy (non-hydrogen) atoms. The number of hydrogen-bond acceptors (Lipinski definition) is 5. The molecule has 2 N–H and O–H groups in total. The predicted octanol–water partition coefficient (Wildman–Crippen LogP) is 2.65. The minimum absolute atomic E-state index is 0.127. The van der Waals surface area contributed by atoms with Crippen LogP contribution in [0, 0.1) is 0 Å². The van der Waals surface area contributed by atoms with Gasteiger partial charge >= 0.3 is 0 Å². The Morgan fingerprint density at radius 3 is 2.56 bits per heavy atom. The maximum absolute atomic E-state index is 12.2. The maximum atomic E-state index is 12.2. The molecule has 3 aromatic rings. The topological polar surface area (TPSA) is 70.2 Å². The number of likely N-dealkylation sites (N-methyl/N-ethyl adjacent to an activating group) is 1. The fourth-order valence-electron chi connectivity index (χ4n) is 2.79. The first-order valence-corrected chi connectivity index (χ1v) is 8.12. The number of methoxy groups -OCH3 is 1. The molecule has 2 aromatic carbocycles.